The molecular weight excluding hydrogens is 430 g/mol. The van der Waals surface area contributed by atoms with E-state index in [2.05, 4.69) is 22.8 Å². The van der Waals surface area contributed by atoms with Crippen molar-refractivity contribution in [3.8, 4) is 5.75 Å². The van der Waals surface area contributed by atoms with Gasteiger partial charge in [-0.25, -0.2) is 0 Å². The van der Waals surface area contributed by atoms with Crippen molar-refractivity contribution in [2.24, 2.45) is 0 Å². The summed E-state index contributed by atoms with van der Waals surface area (Å²) in [5.74, 6) is 0.361. The van der Waals surface area contributed by atoms with Crippen LogP contribution in [-0.2, 0) is 13.2 Å². The van der Waals surface area contributed by atoms with Crippen LogP contribution in [0.4, 0.5) is 5.69 Å². The van der Waals surface area contributed by atoms with E-state index in [1.165, 1.54) is 37.9 Å². The minimum atomic E-state index is -0.275. The lowest BCUT2D eigenvalue weighted by Gasteiger charge is -2.23. The average molecular weight is 461 g/mol. The summed E-state index contributed by atoms with van der Waals surface area (Å²) in [6.45, 7) is 4.02. The van der Waals surface area contributed by atoms with E-state index in [9.17, 15) is 4.79 Å². The molecule has 1 heterocycles. The van der Waals surface area contributed by atoms with Crippen molar-refractivity contribution in [1.82, 2.24) is 5.32 Å². The molecule has 5 nitrogen and oxygen atoms in total. The van der Waals surface area contributed by atoms with Crippen molar-refractivity contribution in [3.63, 3.8) is 0 Å². The Morgan fingerprint density at radius 3 is 2.39 bits per heavy atom. The van der Waals surface area contributed by atoms with Crippen LogP contribution in [0.1, 0.15) is 40.7 Å². The van der Waals surface area contributed by atoms with Crippen molar-refractivity contribution in [2.75, 3.05) is 18.4 Å². The van der Waals surface area contributed by atoms with Gasteiger partial charge in [0.2, 0.25) is 0 Å². The van der Waals surface area contributed by atoms with Crippen LogP contribution in [0.15, 0.2) is 78.9 Å². The number of carbonyl (C=O) groups is 1. The van der Waals surface area contributed by atoms with Gasteiger partial charge >= 0.3 is 0 Å². The number of quaternary nitrogens is 1. The maximum absolute atomic E-state index is 12.7. The van der Waals surface area contributed by atoms with Gasteiger partial charge in [-0.2, -0.15) is 0 Å². The second-order valence-corrected chi connectivity index (χ2v) is 8.80. The van der Waals surface area contributed by atoms with E-state index < -0.39 is 0 Å². The van der Waals surface area contributed by atoms with E-state index in [-0.39, 0.29) is 11.0 Å². The SMILES string of the molecule is O=C(NC(=S)Nc1ccc(C[NH+]2CCCCC2)cc1)c1cccc(OCc2ccccc2)c1. The van der Waals surface area contributed by atoms with Crippen molar-refractivity contribution in [2.45, 2.75) is 32.4 Å². The van der Waals surface area contributed by atoms with Gasteiger partial charge in [0, 0.05) is 16.8 Å². The molecule has 1 saturated heterocycles. The third-order valence-corrected chi connectivity index (χ3v) is 6.00. The zero-order chi connectivity index (χ0) is 22.9. The van der Waals surface area contributed by atoms with Gasteiger partial charge in [0.1, 0.15) is 18.9 Å². The molecule has 0 aromatic heterocycles. The smallest absolute Gasteiger partial charge is 0.257 e. The Hall–Kier alpha value is -3.22. The van der Waals surface area contributed by atoms with E-state index in [1.54, 1.807) is 23.1 Å². The van der Waals surface area contributed by atoms with Crippen LogP contribution in [0.5, 0.6) is 5.75 Å². The van der Waals surface area contributed by atoms with Gasteiger partial charge in [-0.15, -0.1) is 0 Å². The average Bonchev–Trinajstić information content (AvgIpc) is 2.85. The molecule has 0 spiro atoms. The third-order valence-electron chi connectivity index (χ3n) is 5.80. The first-order chi connectivity index (χ1) is 16.2. The molecule has 3 N–H and O–H groups in total. The van der Waals surface area contributed by atoms with E-state index in [4.69, 9.17) is 17.0 Å². The Labute approximate surface area is 200 Å². The summed E-state index contributed by atoms with van der Waals surface area (Å²) >= 11 is 5.35. The van der Waals surface area contributed by atoms with Crippen molar-refractivity contribution in [1.29, 1.82) is 0 Å². The molecule has 6 heteroatoms. The highest BCUT2D eigenvalue weighted by Gasteiger charge is 2.14. The first-order valence-corrected chi connectivity index (χ1v) is 11.9. The molecule has 170 valence electrons. The second kappa shape index (κ2) is 11.6. The molecule has 3 aromatic rings. The molecule has 33 heavy (non-hydrogen) atoms. The van der Waals surface area contributed by atoms with Crippen molar-refractivity contribution < 1.29 is 14.4 Å². The van der Waals surface area contributed by atoms with Crippen LogP contribution in [0.3, 0.4) is 0 Å². The Morgan fingerprint density at radius 1 is 0.879 bits per heavy atom. The lowest BCUT2D eigenvalue weighted by molar-refractivity contribution is -0.918. The molecule has 0 unspecified atom stereocenters. The number of anilines is 1. The fraction of sp³-hybridized carbons (Fsp3) is 0.259. The summed E-state index contributed by atoms with van der Waals surface area (Å²) in [7, 11) is 0. The molecule has 1 aliphatic heterocycles. The third kappa shape index (κ3) is 7.14. The van der Waals surface area contributed by atoms with Gasteiger partial charge in [0.15, 0.2) is 5.11 Å². The molecule has 1 amide bonds. The highest BCUT2D eigenvalue weighted by Crippen LogP contribution is 2.16. The molecule has 1 aliphatic rings. The Balaban J connectivity index is 1.27. The zero-order valence-electron chi connectivity index (χ0n) is 18.7. The van der Waals surface area contributed by atoms with Gasteiger partial charge in [0.25, 0.3) is 5.91 Å². The second-order valence-electron chi connectivity index (χ2n) is 8.39. The highest BCUT2D eigenvalue weighted by atomic mass is 32.1. The first kappa shape index (κ1) is 23.0. The largest absolute Gasteiger partial charge is 0.489 e. The van der Waals surface area contributed by atoms with Gasteiger partial charge in [-0.3, -0.25) is 10.1 Å². The number of carbonyl (C=O) groups excluding carboxylic acids is 1. The van der Waals surface area contributed by atoms with Gasteiger partial charge < -0.3 is 15.0 Å². The fourth-order valence-electron chi connectivity index (χ4n) is 4.03. The summed E-state index contributed by atoms with van der Waals surface area (Å²) in [6, 6.07) is 25.3. The lowest BCUT2D eigenvalue weighted by Crippen LogP contribution is -3.11. The zero-order valence-corrected chi connectivity index (χ0v) is 19.5. The molecule has 0 saturated carbocycles. The number of likely N-dealkylation sites (tertiary alicyclic amines) is 1. The van der Waals surface area contributed by atoms with Gasteiger partial charge in [-0.1, -0.05) is 48.5 Å². The number of hydrogen-bond acceptors (Lipinski definition) is 3. The molecule has 1 fully saturated rings. The summed E-state index contributed by atoms with van der Waals surface area (Å²) in [5.41, 5.74) is 3.74. The number of amides is 1. The number of ether oxygens (including phenoxy) is 1. The summed E-state index contributed by atoms with van der Waals surface area (Å²) in [4.78, 5) is 14.3. The number of hydrogen-bond donors (Lipinski definition) is 3. The van der Waals surface area contributed by atoms with Crippen molar-refractivity contribution >= 4 is 28.9 Å². The standard InChI is InChI=1S/C27H29N3O2S/c31-26(23-10-7-11-25(18-23)32-20-22-8-3-1-4-9-22)29-27(33)28-24-14-12-21(13-15-24)19-30-16-5-2-6-17-30/h1,3-4,7-15,18H,2,5-6,16-17,19-20H2,(H2,28,29,31,33)/p+1. The van der Waals surface area contributed by atoms with Crippen LogP contribution in [-0.4, -0.2) is 24.1 Å². The molecule has 0 atom stereocenters. The van der Waals surface area contributed by atoms with E-state index in [0.29, 0.717) is 17.9 Å². The fourth-order valence-corrected chi connectivity index (χ4v) is 4.24. The van der Waals surface area contributed by atoms with E-state index >= 15 is 0 Å². The molecular formula is C27H30N3O2S+. The van der Waals surface area contributed by atoms with Crippen LogP contribution in [0.2, 0.25) is 0 Å². The number of piperidine rings is 1. The normalized spacial score (nSPS) is 13.8. The Bertz CT molecular complexity index is 1060. The number of benzene rings is 3. The molecule has 0 aliphatic carbocycles. The van der Waals surface area contributed by atoms with Crippen LogP contribution >= 0.6 is 12.2 Å². The monoisotopic (exact) mass is 460 g/mol. The maximum Gasteiger partial charge on any atom is 0.257 e. The predicted octanol–water partition coefficient (Wildman–Crippen LogP) is 3.96. The number of rotatable bonds is 7. The summed E-state index contributed by atoms with van der Waals surface area (Å²) < 4.78 is 5.82. The Kier molecular flexibility index (Phi) is 8.06. The molecule has 0 radical (unpaired) electrons. The first-order valence-electron chi connectivity index (χ1n) is 11.5. The van der Waals surface area contributed by atoms with E-state index in [1.807, 2.05) is 48.5 Å². The van der Waals surface area contributed by atoms with Crippen molar-refractivity contribution in [3.05, 3.63) is 95.6 Å². The maximum atomic E-state index is 12.7. The number of nitrogens with one attached hydrogen (secondary N) is 3. The van der Waals surface area contributed by atoms with Gasteiger partial charge in [-0.05, 0) is 67.4 Å². The number of thiocarbonyl (C=S) groups is 1. The lowest BCUT2D eigenvalue weighted by atomic mass is 10.1. The molecule has 4 rings (SSSR count). The quantitative estimate of drug-likeness (QED) is 0.467. The minimum Gasteiger partial charge on any atom is -0.489 e. The highest BCUT2D eigenvalue weighted by molar-refractivity contribution is 7.80. The predicted molar refractivity (Wildman–Crippen MR) is 136 cm³/mol. The van der Waals surface area contributed by atoms with Crippen LogP contribution in [0, 0.1) is 0 Å². The summed E-state index contributed by atoms with van der Waals surface area (Å²) in [5, 5.41) is 6.11. The van der Waals surface area contributed by atoms with E-state index in [0.717, 1.165) is 17.8 Å². The molecule has 3 aromatic carbocycles. The van der Waals surface area contributed by atoms with Crippen LogP contribution in [0.25, 0.3) is 0 Å². The Morgan fingerprint density at radius 2 is 1.64 bits per heavy atom. The van der Waals surface area contributed by atoms with Gasteiger partial charge in [0.05, 0.1) is 13.1 Å². The van der Waals surface area contributed by atoms with Crippen LogP contribution < -0.4 is 20.3 Å². The summed E-state index contributed by atoms with van der Waals surface area (Å²) in [6.07, 6.45) is 4.01. The molecule has 0 bridgehead atoms. The minimum absolute atomic E-state index is 0.269. The topological polar surface area (TPSA) is 54.8 Å².